The van der Waals surface area contributed by atoms with Gasteiger partial charge in [-0.25, -0.2) is 4.79 Å². The molecule has 0 saturated carbocycles. The van der Waals surface area contributed by atoms with Crippen LogP contribution in [0.25, 0.3) is 0 Å². The van der Waals surface area contributed by atoms with Crippen molar-refractivity contribution in [1.29, 1.82) is 0 Å². The van der Waals surface area contributed by atoms with Crippen LogP contribution in [0.1, 0.15) is 19.3 Å². The van der Waals surface area contributed by atoms with Gasteiger partial charge in [-0.05, 0) is 25.9 Å². The Balaban J connectivity index is 2.46. The van der Waals surface area contributed by atoms with Crippen LogP contribution >= 0.6 is 0 Å². The topological polar surface area (TPSA) is 108 Å². The van der Waals surface area contributed by atoms with Crippen LogP contribution in [-0.2, 0) is 14.3 Å². The molecule has 1 heterocycles. The molecule has 4 N–H and O–H groups in total. The number of methoxy groups -OCH3 is 1. The van der Waals surface area contributed by atoms with E-state index in [2.05, 4.69) is 10.6 Å². The highest BCUT2D eigenvalue weighted by atomic mass is 16.5. The van der Waals surface area contributed by atoms with E-state index in [0.717, 1.165) is 13.1 Å². The molecule has 0 bridgehead atoms. The maximum absolute atomic E-state index is 12.2. The van der Waals surface area contributed by atoms with Gasteiger partial charge < -0.3 is 25.6 Å². The maximum atomic E-state index is 12.2. The van der Waals surface area contributed by atoms with E-state index in [9.17, 15) is 9.59 Å². The number of aliphatic hydroxyl groups excluding tert-OH is 1. The molecule has 0 aromatic rings. The average molecular weight is 274 g/mol. The fourth-order valence-electron chi connectivity index (χ4n) is 2.25. The molecule has 0 unspecified atom stereocenters. The third kappa shape index (κ3) is 4.45. The lowest BCUT2D eigenvalue weighted by Gasteiger charge is -2.35. The molecule has 0 aromatic carbocycles. The van der Waals surface area contributed by atoms with Crippen LogP contribution in [0, 0.1) is 5.41 Å². The Morgan fingerprint density at radius 2 is 2.05 bits per heavy atom. The van der Waals surface area contributed by atoms with Crippen LogP contribution in [0.5, 0.6) is 0 Å². The van der Waals surface area contributed by atoms with Crippen LogP contribution in [-0.4, -0.2) is 61.5 Å². The van der Waals surface area contributed by atoms with Crippen molar-refractivity contribution in [1.82, 2.24) is 10.6 Å². The first kappa shape index (κ1) is 15.9. The number of hydrogen-bond donors (Lipinski definition) is 4. The molecular weight excluding hydrogens is 252 g/mol. The Bertz CT molecular complexity index is 310. The van der Waals surface area contributed by atoms with Gasteiger partial charge in [-0.1, -0.05) is 0 Å². The molecule has 1 atom stereocenters. The highest BCUT2D eigenvalue weighted by molar-refractivity contribution is 5.83. The molecule has 7 heteroatoms. The van der Waals surface area contributed by atoms with E-state index in [1.54, 1.807) is 7.11 Å². The lowest BCUT2D eigenvalue weighted by Crippen LogP contribution is -2.50. The molecule has 1 fully saturated rings. The second-order valence-corrected chi connectivity index (χ2v) is 4.86. The van der Waals surface area contributed by atoms with Crippen LogP contribution in [0.2, 0.25) is 0 Å². The van der Waals surface area contributed by atoms with Gasteiger partial charge in [0.1, 0.15) is 0 Å². The van der Waals surface area contributed by atoms with Crippen molar-refractivity contribution in [3.63, 3.8) is 0 Å². The van der Waals surface area contributed by atoms with Gasteiger partial charge >= 0.3 is 5.97 Å². The number of carbonyl (C=O) groups is 2. The number of carbonyl (C=O) groups excluding carboxylic acids is 1. The lowest BCUT2D eigenvalue weighted by atomic mass is 9.78. The number of hydrogen-bond acceptors (Lipinski definition) is 5. The minimum Gasteiger partial charge on any atom is -0.479 e. The molecule has 0 aliphatic carbocycles. The summed E-state index contributed by atoms with van der Waals surface area (Å²) >= 11 is 0. The molecule has 1 rings (SSSR count). The highest BCUT2D eigenvalue weighted by Gasteiger charge is 2.39. The smallest absolute Gasteiger partial charge is 0.332 e. The Labute approximate surface area is 112 Å². The first-order chi connectivity index (χ1) is 9.02. The van der Waals surface area contributed by atoms with E-state index in [0.29, 0.717) is 19.4 Å². The van der Waals surface area contributed by atoms with Gasteiger partial charge in [-0.2, -0.15) is 0 Å². The van der Waals surface area contributed by atoms with Gasteiger partial charge in [0.15, 0.2) is 6.10 Å². The second kappa shape index (κ2) is 7.42. The zero-order valence-corrected chi connectivity index (χ0v) is 11.1. The highest BCUT2D eigenvalue weighted by Crippen LogP contribution is 2.29. The number of aliphatic carboxylic acids is 1. The summed E-state index contributed by atoms with van der Waals surface area (Å²) < 4.78 is 5.14. The molecule has 0 aromatic heterocycles. The summed E-state index contributed by atoms with van der Waals surface area (Å²) in [5, 5.41) is 23.6. The van der Waals surface area contributed by atoms with Crippen molar-refractivity contribution in [2.24, 2.45) is 5.41 Å². The Morgan fingerprint density at radius 3 is 2.58 bits per heavy atom. The van der Waals surface area contributed by atoms with Crippen molar-refractivity contribution >= 4 is 11.9 Å². The second-order valence-electron chi connectivity index (χ2n) is 4.86. The molecule has 19 heavy (non-hydrogen) atoms. The molecule has 1 saturated heterocycles. The number of rotatable bonds is 7. The molecule has 1 aliphatic rings. The first-order valence-electron chi connectivity index (χ1n) is 6.41. The van der Waals surface area contributed by atoms with Crippen molar-refractivity contribution in [3.8, 4) is 0 Å². The summed E-state index contributed by atoms with van der Waals surface area (Å²) in [5.41, 5.74) is -0.547. The van der Waals surface area contributed by atoms with Gasteiger partial charge in [-0.3, -0.25) is 4.79 Å². The molecule has 0 radical (unpaired) electrons. The fraction of sp³-hybridized carbons (Fsp3) is 0.833. The van der Waals surface area contributed by atoms with Crippen LogP contribution < -0.4 is 10.6 Å². The van der Waals surface area contributed by atoms with Gasteiger partial charge in [0, 0.05) is 20.1 Å². The normalized spacial score (nSPS) is 19.7. The summed E-state index contributed by atoms with van der Waals surface area (Å²) in [5.74, 6) is -1.41. The third-order valence-corrected chi connectivity index (χ3v) is 3.45. The zero-order chi connectivity index (χ0) is 14.3. The summed E-state index contributed by atoms with van der Waals surface area (Å²) in [6, 6.07) is 0. The van der Waals surface area contributed by atoms with Gasteiger partial charge in [0.2, 0.25) is 5.91 Å². The SMILES string of the molecule is COCC1(C(=O)NCC[C@H](O)C(=O)O)CCNCC1. The fourth-order valence-corrected chi connectivity index (χ4v) is 2.25. The van der Waals surface area contributed by atoms with E-state index in [-0.39, 0.29) is 18.9 Å². The van der Waals surface area contributed by atoms with Crippen LogP contribution in [0.4, 0.5) is 0 Å². The number of nitrogens with one attached hydrogen (secondary N) is 2. The van der Waals surface area contributed by atoms with E-state index in [1.165, 1.54) is 0 Å². The Morgan fingerprint density at radius 1 is 1.42 bits per heavy atom. The van der Waals surface area contributed by atoms with E-state index in [1.807, 2.05) is 0 Å². The lowest BCUT2D eigenvalue weighted by molar-refractivity contribution is -0.147. The number of amides is 1. The van der Waals surface area contributed by atoms with Gasteiger partial charge in [-0.15, -0.1) is 0 Å². The Kier molecular flexibility index (Phi) is 6.20. The largest absolute Gasteiger partial charge is 0.479 e. The summed E-state index contributed by atoms with van der Waals surface area (Å²) in [4.78, 5) is 22.7. The standard InChI is InChI=1S/C12H22N2O5/c1-19-8-12(3-6-13-7-4-12)11(18)14-5-2-9(15)10(16)17/h9,13,15H,2-8H2,1H3,(H,14,18)(H,16,17)/t9-/m0/s1. The molecule has 1 aliphatic heterocycles. The first-order valence-corrected chi connectivity index (χ1v) is 6.41. The summed E-state index contributed by atoms with van der Waals surface area (Å²) in [7, 11) is 1.56. The molecule has 1 amide bonds. The van der Waals surface area contributed by atoms with Gasteiger partial charge in [0.25, 0.3) is 0 Å². The molecular formula is C12H22N2O5. The third-order valence-electron chi connectivity index (χ3n) is 3.45. The monoisotopic (exact) mass is 274 g/mol. The maximum Gasteiger partial charge on any atom is 0.332 e. The van der Waals surface area contributed by atoms with E-state index in [4.69, 9.17) is 14.9 Å². The predicted octanol–water partition coefficient (Wildman–Crippen LogP) is -1.05. The number of ether oxygens (including phenoxy) is 1. The van der Waals surface area contributed by atoms with Gasteiger partial charge in [0.05, 0.1) is 12.0 Å². The van der Waals surface area contributed by atoms with E-state index < -0.39 is 17.5 Å². The minimum atomic E-state index is -1.44. The predicted molar refractivity (Wildman–Crippen MR) is 67.7 cm³/mol. The average Bonchev–Trinajstić information content (AvgIpc) is 2.39. The van der Waals surface area contributed by atoms with Crippen molar-refractivity contribution in [2.75, 3.05) is 33.4 Å². The Hall–Kier alpha value is -1.18. The van der Waals surface area contributed by atoms with E-state index >= 15 is 0 Å². The quantitative estimate of drug-likeness (QED) is 0.472. The molecule has 7 nitrogen and oxygen atoms in total. The van der Waals surface area contributed by atoms with Crippen molar-refractivity contribution in [3.05, 3.63) is 0 Å². The molecule has 0 spiro atoms. The van der Waals surface area contributed by atoms with Crippen LogP contribution in [0.3, 0.4) is 0 Å². The minimum absolute atomic E-state index is 0.00237. The van der Waals surface area contributed by atoms with Crippen LogP contribution in [0.15, 0.2) is 0 Å². The number of carboxylic acids is 1. The number of carboxylic acid groups (broad SMARTS) is 1. The van der Waals surface area contributed by atoms with Crippen molar-refractivity contribution in [2.45, 2.75) is 25.4 Å². The summed E-state index contributed by atoms with van der Waals surface area (Å²) in [6.45, 7) is 2.01. The number of piperidine rings is 1. The van der Waals surface area contributed by atoms with Crippen molar-refractivity contribution < 1.29 is 24.5 Å². The summed E-state index contributed by atoms with van der Waals surface area (Å²) in [6.07, 6.45) is -0.0586. The molecule has 110 valence electrons. The zero-order valence-electron chi connectivity index (χ0n) is 11.1. The number of aliphatic hydroxyl groups is 1.